The smallest absolute Gasteiger partial charge is 0.224 e. The van der Waals surface area contributed by atoms with Gasteiger partial charge >= 0.3 is 0 Å². The van der Waals surface area contributed by atoms with Crippen LogP contribution in [-0.2, 0) is 16.0 Å². The Labute approximate surface area is 171 Å². The van der Waals surface area contributed by atoms with Gasteiger partial charge in [-0.15, -0.1) is 12.4 Å². The van der Waals surface area contributed by atoms with Crippen molar-refractivity contribution in [1.82, 2.24) is 5.32 Å². The molecule has 0 spiro atoms. The summed E-state index contributed by atoms with van der Waals surface area (Å²) in [5.41, 5.74) is 9.01. The zero-order valence-corrected chi connectivity index (χ0v) is 16.5. The lowest BCUT2D eigenvalue weighted by Gasteiger charge is -2.17. The number of fused-ring (bicyclic) bond motifs is 1. The first-order chi connectivity index (χ1) is 13.1. The Hall–Kier alpha value is -2.57. The van der Waals surface area contributed by atoms with Crippen molar-refractivity contribution in [2.75, 3.05) is 18.5 Å². The molecule has 0 saturated heterocycles. The molecule has 2 aromatic rings. The van der Waals surface area contributed by atoms with Gasteiger partial charge in [-0.2, -0.15) is 0 Å². The van der Waals surface area contributed by atoms with Crippen LogP contribution in [0.3, 0.4) is 0 Å². The molecule has 1 unspecified atom stereocenters. The van der Waals surface area contributed by atoms with E-state index in [1.807, 2.05) is 48.5 Å². The zero-order valence-electron chi connectivity index (χ0n) is 15.6. The summed E-state index contributed by atoms with van der Waals surface area (Å²) in [6, 6.07) is 15.2. The number of hydrogen-bond acceptors (Lipinski definition) is 4. The quantitative estimate of drug-likeness (QED) is 0.590. The molecule has 0 saturated carbocycles. The van der Waals surface area contributed by atoms with Crippen molar-refractivity contribution < 1.29 is 14.3 Å². The normalized spacial score (nSPS) is 13.5. The molecule has 6 nitrogen and oxygen atoms in total. The third kappa shape index (κ3) is 6.25. The predicted molar refractivity (Wildman–Crippen MR) is 112 cm³/mol. The van der Waals surface area contributed by atoms with E-state index in [4.69, 9.17) is 10.5 Å². The van der Waals surface area contributed by atoms with Crippen molar-refractivity contribution in [2.45, 2.75) is 31.7 Å². The van der Waals surface area contributed by atoms with Gasteiger partial charge in [0.15, 0.2) is 0 Å². The molecule has 150 valence electrons. The summed E-state index contributed by atoms with van der Waals surface area (Å²) in [6.45, 7) is 0.879. The lowest BCUT2D eigenvalue weighted by atomic mass is 10.0. The molecule has 0 radical (unpaired) electrons. The molecule has 0 aliphatic carbocycles. The maximum atomic E-state index is 12.0. The van der Waals surface area contributed by atoms with Gasteiger partial charge < -0.3 is 21.1 Å². The number of nitrogens with two attached hydrogens (primary N) is 1. The molecule has 1 heterocycles. The molecule has 1 aliphatic rings. The molecular formula is C21H26ClN3O3. The van der Waals surface area contributed by atoms with Crippen LogP contribution >= 0.6 is 12.4 Å². The number of anilines is 1. The molecule has 1 aliphatic heterocycles. The van der Waals surface area contributed by atoms with Gasteiger partial charge in [-0.1, -0.05) is 30.3 Å². The maximum absolute atomic E-state index is 12.0. The van der Waals surface area contributed by atoms with Crippen molar-refractivity contribution >= 4 is 29.9 Å². The standard InChI is InChI=1S/C21H25N3O3.ClH/c22-18(15-5-2-1-3-6-15)14-23-20(25)7-4-12-27-17-9-10-19-16(13-17)8-11-21(26)24-19;/h1-3,5-6,9-10,13,18H,4,7-8,11-12,14,22H2,(H,23,25)(H,24,26);1H. The van der Waals surface area contributed by atoms with Gasteiger partial charge in [0.05, 0.1) is 6.61 Å². The fourth-order valence-corrected chi connectivity index (χ4v) is 3.00. The van der Waals surface area contributed by atoms with Crippen molar-refractivity contribution in [3.8, 4) is 5.75 Å². The highest BCUT2D eigenvalue weighted by Crippen LogP contribution is 2.26. The summed E-state index contributed by atoms with van der Waals surface area (Å²) < 4.78 is 5.73. The van der Waals surface area contributed by atoms with Gasteiger partial charge in [0, 0.05) is 31.1 Å². The van der Waals surface area contributed by atoms with E-state index in [0.717, 1.165) is 29.0 Å². The van der Waals surface area contributed by atoms with Gasteiger partial charge in [-0.3, -0.25) is 9.59 Å². The van der Waals surface area contributed by atoms with Gasteiger partial charge in [-0.05, 0) is 42.2 Å². The fourth-order valence-electron chi connectivity index (χ4n) is 3.00. The summed E-state index contributed by atoms with van der Waals surface area (Å²) in [5, 5.41) is 5.71. The van der Waals surface area contributed by atoms with Crippen LogP contribution in [0, 0.1) is 0 Å². The van der Waals surface area contributed by atoms with Crippen LogP contribution in [0.15, 0.2) is 48.5 Å². The third-order valence-electron chi connectivity index (χ3n) is 4.54. The molecule has 28 heavy (non-hydrogen) atoms. The number of carbonyl (C=O) groups excluding carboxylic acids is 2. The van der Waals surface area contributed by atoms with Crippen LogP contribution in [0.1, 0.15) is 36.4 Å². The van der Waals surface area contributed by atoms with E-state index >= 15 is 0 Å². The highest BCUT2D eigenvalue weighted by molar-refractivity contribution is 5.94. The van der Waals surface area contributed by atoms with Crippen LogP contribution < -0.4 is 21.1 Å². The first kappa shape index (κ1) is 21.7. The summed E-state index contributed by atoms with van der Waals surface area (Å²) in [6.07, 6.45) is 2.24. The zero-order chi connectivity index (χ0) is 19.1. The lowest BCUT2D eigenvalue weighted by Crippen LogP contribution is -2.31. The second-order valence-electron chi connectivity index (χ2n) is 6.64. The van der Waals surface area contributed by atoms with Crippen molar-refractivity contribution in [3.05, 3.63) is 59.7 Å². The van der Waals surface area contributed by atoms with E-state index in [2.05, 4.69) is 10.6 Å². The topological polar surface area (TPSA) is 93.4 Å². The van der Waals surface area contributed by atoms with Gasteiger partial charge in [0.25, 0.3) is 0 Å². The average molecular weight is 404 g/mol. The largest absolute Gasteiger partial charge is 0.494 e. The van der Waals surface area contributed by atoms with Crippen LogP contribution in [0.5, 0.6) is 5.75 Å². The SMILES string of the molecule is Cl.NC(CNC(=O)CCCOc1ccc2c(c1)CCC(=O)N2)c1ccccc1. The minimum atomic E-state index is -0.206. The van der Waals surface area contributed by atoms with Crippen molar-refractivity contribution in [1.29, 1.82) is 0 Å². The van der Waals surface area contributed by atoms with Gasteiger partial charge in [-0.25, -0.2) is 0 Å². The number of hydrogen-bond donors (Lipinski definition) is 3. The first-order valence-electron chi connectivity index (χ1n) is 9.24. The number of ether oxygens (including phenoxy) is 1. The Bertz CT molecular complexity index is 799. The molecule has 2 amide bonds. The number of nitrogens with one attached hydrogen (secondary N) is 2. The van der Waals surface area contributed by atoms with Crippen LogP contribution in [-0.4, -0.2) is 25.0 Å². The minimum absolute atomic E-state index is 0. The Morgan fingerprint density at radius 1 is 1.18 bits per heavy atom. The van der Waals surface area contributed by atoms with E-state index in [1.165, 1.54) is 0 Å². The number of benzene rings is 2. The highest BCUT2D eigenvalue weighted by Gasteiger charge is 2.15. The molecule has 0 aromatic heterocycles. The van der Waals surface area contributed by atoms with E-state index in [9.17, 15) is 9.59 Å². The molecule has 7 heteroatoms. The summed E-state index contributed by atoms with van der Waals surface area (Å²) in [4.78, 5) is 23.3. The van der Waals surface area contributed by atoms with Crippen LogP contribution in [0.4, 0.5) is 5.69 Å². The maximum Gasteiger partial charge on any atom is 0.224 e. The minimum Gasteiger partial charge on any atom is -0.494 e. The number of carbonyl (C=O) groups is 2. The van der Waals surface area contributed by atoms with Crippen LogP contribution in [0.25, 0.3) is 0 Å². The Kier molecular flexibility index (Phi) is 8.29. The Morgan fingerprint density at radius 2 is 1.96 bits per heavy atom. The number of amides is 2. The Morgan fingerprint density at radius 3 is 2.75 bits per heavy atom. The summed E-state index contributed by atoms with van der Waals surface area (Å²) in [5.74, 6) is 0.781. The second kappa shape index (κ2) is 10.7. The monoisotopic (exact) mass is 403 g/mol. The molecule has 3 rings (SSSR count). The molecule has 0 fully saturated rings. The van der Waals surface area contributed by atoms with E-state index in [0.29, 0.717) is 32.4 Å². The molecular weight excluding hydrogens is 378 g/mol. The van der Waals surface area contributed by atoms with Gasteiger partial charge in [0.2, 0.25) is 11.8 Å². The van der Waals surface area contributed by atoms with E-state index < -0.39 is 0 Å². The van der Waals surface area contributed by atoms with Crippen molar-refractivity contribution in [2.24, 2.45) is 5.73 Å². The first-order valence-corrected chi connectivity index (χ1v) is 9.24. The van der Waals surface area contributed by atoms with E-state index in [-0.39, 0.29) is 30.3 Å². The molecule has 0 bridgehead atoms. The van der Waals surface area contributed by atoms with E-state index in [1.54, 1.807) is 0 Å². The van der Waals surface area contributed by atoms with Crippen LogP contribution in [0.2, 0.25) is 0 Å². The Balaban J connectivity index is 0.00000280. The predicted octanol–water partition coefficient (Wildman–Crippen LogP) is 2.97. The number of rotatable bonds is 8. The number of aryl methyl sites for hydroxylation is 1. The fraction of sp³-hybridized carbons (Fsp3) is 0.333. The average Bonchev–Trinajstić information content (AvgIpc) is 2.70. The van der Waals surface area contributed by atoms with Crippen molar-refractivity contribution in [3.63, 3.8) is 0 Å². The summed E-state index contributed by atoms with van der Waals surface area (Å²) >= 11 is 0. The molecule has 2 aromatic carbocycles. The molecule has 4 N–H and O–H groups in total. The molecule has 1 atom stereocenters. The third-order valence-corrected chi connectivity index (χ3v) is 4.54. The lowest BCUT2D eigenvalue weighted by molar-refractivity contribution is -0.121. The van der Waals surface area contributed by atoms with Gasteiger partial charge in [0.1, 0.15) is 5.75 Å². The number of halogens is 1. The highest BCUT2D eigenvalue weighted by atomic mass is 35.5. The summed E-state index contributed by atoms with van der Waals surface area (Å²) in [7, 11) is 0. The second-order valence-corrected chi connectivity index (χ2v) is 6.64.